The number of rotatable bonds is 4. The van der Waals surface area contributed by atoms with Crippen molar-refractivity contribution < 1.29 is 19.1 Å². The van der Waals surface area contributed by atoms with Crippen molar-refractivity contribution in [1.82, 2.24) is 0 Å². The molecule has 4 rings (SSSR count). The average molecular weight is 402 g/mol. The number of hydrogen-bond donors (Lipinski definition) is 0. The van der Waals surface area contributed by atoms with E-state index in [2.05, 4.69) is 46.8 Å². The molecular formula is C26H26O4. The molecule has 1 heterocycles. The Bertz CT molecular complexity index is 1150. The Morgan fingerprint density at radius 3 is 2.13 bits per heavy atom. The van der Waals surface area contributed by atoms with Crippen LogP contribution in [0.1, 0.15) is 67.3 Å². The third-order valence-electron chi connectivity index (χ3n) is 5.42. The summed E-state index contributed by atoms with van der Waals surface area (Å²) in [4.78, 5) is 24.2. The van der Waals surface area contributed by atoms with Crippen LogP contribution in [0.25, 0.3) is 10.8 Å². The molecule has 0 bridgehead atoms. The Balaban J connectivity index is 1.64. The zero-order chi connectivity index (χ0) is 21.7. The van der Waals surface area contributed by atoms with Crippen molar-refractivity contribution in [2.24, 2.45) is 5.41 Å². The van der Waals surface area contributed by atoms with E-state index in [4.69, 9.17) is 9.47 Å². The van der Waals surface area contributed by atoms with Crippen molar-refractivity contribution >= 4 is 22.7 Å². The minimum atomic E-state index is -0.645. The van der Waals surface area contributed by atoms with Crippen LogP contribution in [0.15, 0.2) is 54.6 Å². The van der Waals surface area contributed by atoms with Crippen LogP contribution in [-0.2, 0) is 10.2 Å². The normalized spacial score (nSPS) is 14.0. The van der Waals surface area contributed by atoms with Crippen LogP contribution in [0.5, 0.6) is 11.5 Å². The summed E-state index contributed by atoms with van der Waals surface area (Å²) in [6.07, 6.45) is 1.07. The van der Waals surface area contributed by atoms with E-state index in [1.54, 1.807) is 18.2 Å². The summed E-state index contributed by atoms with van der Waals surface area (Å²) in [6, 6.07) is 16.9. The summed E-state index contributed by atoms with van der Waals surface area (Å²) in [7, 11) is 0. The molecule has 154 valence electrons. The van der Waals surface area contributed by atoms with Gasteiger partial charge < -0.3 is 9.47 Å². The van der Waals surface area contributed by atoms with Crippen LogP contribution in [0, 0.1) is 5.41 Å². The molecule has 4 heteroatoms. The lowest BCUT2D eigenvalue weighted by molar-refractivity contribution is 0.0391. The van der Waals surface area contributed by atoms with E-state index in [1.807, 2.05) is 24.3 Å². The van der Waals surface area contributed by atoms with E-state index in [1.165, 1.54) is 5.56 Å². The topological polar surface area (TPSA) is 52.6 Å². The maximum Gasteiger partial charge on any atom is 0.346 e. The predicted octanol–water partition coefficient (Wildman–Crippen LogP) is 6.66. The van der Waals surface area contributed by atoms with Gasteiger partial charge in [0.2, 0.25) is 0 Å². The first-order valence-corrected chi connectivity index (χ1v) is 10.2. The molecule has 3 aromatic carbocycles. The molecule has 1 aliphatic heterocycles. The molecule has 0 spiro atoms. The smallest absolute Gasteiger partial charge is 0.346 e. The van der Waals surface area contributed by atoms with Crippen molar-refractivity contribution in [2.75, 3.05) is 0 Å². The average Bonchev–Trinajstić information content (AvgIpc) is 2.64. The molecule has 0 fully saturated rings. The third kappa shape index (κ3) is 3.82. The highest BCUT2D eigenvalue weighted by Crippen LogP contribution is 2.38. The molecule has 0 atom stereocenters. The van der Waals surface area contributed by atoms with E-state index < -0.39 is 11.9 Å². The van der Waals surface area contributed by atoms with Gasteiger partial charge in [0.25, 0.3) is 0 Å². The molecule has 0 aliphatic carbocycles. The molecule has 3 aromatic rings. The maximum absolute atomic E-state index is 12.3. The van der Waals surface area contributed by atoms with Crippen molar-refractivity contribution in [3.8, 4) is 11.5 Å². The minimum absolute atomic E-state index is 0.0522. The quantitative estimate of drug-likeness (QED) is 0.362. The fourth-order valence-corrected chi connectivity index (χ4v) is 4.52. The molecular weight excluding hydrogens is 376 g/mol. The zero-order valence-electron chi connectivity index (χ0n) is 18.0. The first kappa shape index (κ1) is 20.1. The molecule has 0 saturated carbocycles. The van der Waals surface area contributed by atoms with Gasteiger partial charge in [-0.15, -0.1) is 0 Å². The van der Waals surface area contributed by atoms with E-state index in [0.717, 1.165) is 11.8 Å². The highest BCUT2D eigenvalue weighted by molar-refractivity contribution is 6.21. The number of esters is 2. The molecule has 0 amide bonds. The number of ether oxygens (including phenoxy) is 2. The van der Waals surface area contributed by atoms with E-state index in [9.17, 15) is 9.59 Å². The van der Waals surface area contributed by atoms with Gasteiger partial charge in [-0.25, -0.2) is 9.59 Å². The third-order valence-corrected chi connectivity index (χ3v) is 5.42. The maximum atomic E-state index is 12.3. The van der Waals surface area contributed by atoms with Crippen molar-refractivity contribution in [1.29, 1.82) is 0 Å². The lowest BCUT2D eigenvalue weighted by Gasteiger charge is -2.33. The fraction of sp³-hybridized carbons (Fsp3) is 0.308. The molecule has 0 radical (unpaired) electrons. The number of benzene rings is 3. The number of hydrogen-bond acceptors (Lipinski definition) is 4. The van der Waals surface area contributed by atoms with Crippen LogP contribution < -0.4 is 4.74 Å². The Morgan fingerprint density at radius 1 is 0.800 bits per heavy atom. The summed E-state index contributed by atoms with van der Waals surface area (Å²) in [5.41, 5.74) is 2.29. The SMILES string of the molecule is CC(C)(C)CC(C)(C)c1ccc(Oc2cc3c4c(cccc4c2)C(=O)OC3=O)cc1. The second kappa shape index (κ2) is 6.98. The van der Waals surface area contributed by atoms with Gasteiger partial charge in [-0.1, -0.05) is 58.9 Å². The lowest BCUT2D eigenvalue weighted by atomic mass is 9.72. The van der Waals surface area contributed by atoms with Gasteiger partial charge in [0.1, 0.15) is 11.5 Å². The summed E-state index contributed by atoms with van der Waals surface area (Å²) >= 11 is 0. The van der Waals surface area contributed by atoms with Gasteiger partial charge in [0, 0.05) is 5.39 Å². The summed E-state index contributed by atoms with van der Waals surface area (Å²) in [5.74, 6) is -0.0374. The van der Waals surface area contributed by atoms with Gasteiger partial charge in [-0.2, -0.15) is 0 Å². The van der Waals surface area contributed by atoms with Crippen molar-refractivity contribution in [3.63, 3.8) is 0 Å². The largest absolute Gasteiger partial charge is 0.457 e. The monoisotopic (exact) mass is 402 g/mol. The number of carbonyl (C=O) groups is 2. The van der Waals surface area contributed by atoms with Gasteiger partial charge in [-0.05, 0) is 58.5 Å². The highest BCUT2D eigenvalue weighted by Gasteiger charge is 2.29. The summed E-state index contributed by atoms with van der Waals surface area (Å²) in [5, 5.41) is 1.39. The molecule has 1 aliphatic rings. The lowest BCUT2D eigenvalue weighted by Crippen LogP contribution is -2.24. The second-order valence-corrected chi connectivity index (χ2v) is 9.80. The second-order valence-electron chi connectivity index (χ2n) is 9.80. The number of cyclic esters (lactones) is 2. The zero-order valence-corrected chi connectivity index (χ0v) is 18.0. The van der Waals surface area contributed by atoms with Gasteiger partial charge >= 0.3 is 11.9 Å². The van der Waals surface area contributed by atoms with Gasteiger partial charge in [0.05, 0.1) is 11.1 Å². The minimum Gasteiger partial charge on any atom is -0.457 e. The predicted molar refractivity (Wildman–Crippen MR) is 117 cm³/mol. The molecule has 30 heavy (non-hydrogen) atoms. The standard InChI is InChI=1S/C26H26O4/c1-25(2,3)15-26(4,5)17-9-11-18(12-10-17)29-19-13-16-7-6-8-20-22(16)21(14-19)24(28)30-23(20)27/h6-14H,15H2,1-5H3. The van der Waals surface area contributed by atoms with Crippen LogP contribution >= 0.6 is 0 Å². The van der Waals surface area contributed by atoms with Gasteiger partial charge in [0.15, 0.2) is 0 Å². The Labute approximate surface area is 176 Å². The molecule has 0 unspecified atom stereocenters. The van der Waals surface area contributed by atoms with Gasteiger partial charge in [-0.3, -0.25) is 0 Å². The van der Waals surface area contributed by atoms with E-state index in [-0.39, 0.29) is 10.8 Å². The molecule has 0 aromatic heterocycles. The Hall–Kier alpha value is -3.14. The van der Waals surface area contributed by atoms with E-state index in [0.29, 0.717) is 28.0 Å². The molecule has 4 nitrogen and oxygen atoms in total. The summed E-state index contributed by atoms with van der Waals surface area (Å²) in [6.45, 7) is 11.3. The van der Waals surface area contributed by atoms with Crippen molar-refractivity contribution in [3.05, 3.63) is 71.3 Å². The first-order chi connectivity index (χ1) is 14.0. The Morgan fingerprint density at radius 2 is 1.47 bits per heavy atom. The Kier molecular flexibility index (Phi) is 4.69. The van der Waals surface area contributed by atoms with Crippen molar-refractivity contribution in [2.45, 2.75) is 46.5 Å². The van der Waals surface area contributed by atoms with Crippen LogP contribution in [-0.4, -0.2) is 11.9 Å². The van der Waals surface area contributed by atoms with Crippen LogP contribution in [0.2, 0.25) is 0 Å². The number of carbonyl (C=O) groups excluding carboxylic acids is 2. The fourth-order valence-electron chi connectivity index (χ4n) is 4.52. The molecule has 0 saturated heterocycles. The highest BCUT2D eigenvalue weighted by atomic mass is 16.6. The first-order valence-electron chi connectivity index (χ1n) is 10.2. The van der Waals surface area contributed by atoms with Crippen LogP contribution in [0.4, 0.5) is 0 Å². The molecule has 0 N–H and O–H groups in total. The van der Waals surface area contributed by atoms with Crippen LogP contribution in [0.3, 0.4) is 0 Å². The van der Waals surface area contributed by atoms with E-state index >= 15 is 0 Å². The summed E-state index contributed by atoms with van der Waals surface area (Å²) < 4.78 is 10.9.